The first-order valence-corrected chi connectivity index (χ1v) is 5.92. The molecule has 0 aromatic heterocycles. The highest BCUT2D eigenvalue weighted by molar-refractivity contribution is 6.21. The number of hydrogen-bond donors (Lipinski definition) is 1. The molecule has 106 valence electrons. The fraction of sp³-hybridized carbons (Fsp3) is 0.333. The van der Waals surface area contributed by atoms with Crippen molar-refractivity contribution >= 4 is 23.3 Å². The minimum atomic E-state index is -0.627. The zero-order valence-electron chi connectivity index (χ0n) is 10.7. The second-order valence-corrected chi connectivity index (χ2v) is 4.23. The Morgan fingerprint density at radius 3 is 2.55 bits per heavy atom. The lowest BCUT2D eigenvalue weighted by atomic mass is 10.2. The Morgan fingerprint density at radius 2 is 2.00 bits per heavy atom. The standard InChI is InChI=1S/C12H13N3O5/c1-20-7-6-10-11(16)14(12(17)13-10)8-2-4-9(5-3-8)15(18)19/h2-5,10H,6-7H2,1H3,(H,13,17). The molecule has 3 amide bonds. The van der Waals surface area contributed by atoms with E-state index in [9.17, 15) is 19.7 Å². The highest BCUT2D eigenvalue weighted by Crippen LogP contribution is 2.23. The summed E-state index contributed by atoms with van der Waals surface area (Å²) in [4.78, 5) is 34.9. The molecule has 0 saturated carbocycles. The van der Waals surface area contributed by atoms with Crippen LogP contribution in [0.2, 0.25) is 0 Å². The topological polar surface area (TPSA) is 102 Å². The first kappa shape index (κ1) is 13.9. The van der Waals surface area contributed by atoms with Crippen LogP contribution in [0, 0.1) is 10.1 Å². The molecule has 1 aliphatic rings. The summed E-state index contributed by atoms with van der Waals surface area (Å²) in [5, 5.41) is 13.1. The van der Waals surface area contributed by atoms with Crippen molar-refractivity contribution in [1.82, 2.24) is 5.32 Å². The Hall–Kier alpha value is -2.48. The van der Waals surface area contributed by atoms with Gasteiger partial charge >= 0.3 is 6.03 Å². The largest absolute Gasteiger partial charge is 0.385 e. The van der Waals surface area contributed by atoms with Crippen LogP contribution in [0.3, 0.4) is 0 Å². The Bertz CT molecular complexity index is 543. The van der Waals surface area contributed by atoms with Crippen LogP contribution in [0.4, 0.5) is 16.2 Å². The molecule has 8 heteroatoms. The highest BCUT2D eigenvalue weighted by Gasteiger charge is 2.38. The van der Waals surface area contributed by atoms with Crippen molar-refractivity contribution in [2.24, 2.45) is 0 Å². The van der Waals surface area contributed by atoms with Crippen molar-refractivity contribution in [3.05, 3.63) is 34.4 Å². The number of nitro benzene ring substituents is 1. The molecule has 0 bridgehead atoms. The summed E-state index contributed by atoms with van der Waals surface area (Å²) < 4.78 is 4.87. The van der Waals surface area contributed by atoms with Gasteiger partial charge in [-0.15, -0.1) is 0 Å². The Morgan fingerprint density at radius 1 is 1.35 bits per heavy atom. The zero-order valence-corrected chi connectivity index (χ0v) is 10.7. The predicted molar refractivity (Wildman–Crippen MR) is 69.4 cm³/mol. The Balaban J connectivity index is 2.17. The van der Waals surface area contributed by atoms with Gasteiger partial charge in [-0.2, -0.15) is 0 Å². The van der Waals surface area contributed by atoms with Crippen LogP contribution >= 0.6 is 0 Å². The predicted octanol–water partition coefficient (Wildman–Crippen LogP) is 1.06. The molecule has 1 aromatic rings. The molecule has 0 aliphatic carbocycles. The number of imide groups is 1. The number of nitrogens with one attached hydrogen (secondary N) is 1. The lowest BCUT2D eigenvalue weighted by molar-refractivity contribution is -0.384. The van der Waals surface area contributed by atoms with Crippen LogP contribution in [0.15, 0.2) is 24.3 Å². The van der Waals surface area contributed by atoms with E-state index in [0.29, 0.717) is 18.7 Å². The molecule has 2 rings (SSSR count). The van der Waals surface area contributed by atoms with Crippen molar-refractivity contribution < 1.29 is 19.2 Å². The number of amides is 3. The van der Waals surface area contributed by atoms with Gasteiger partial charge in [0.25, 0.3) is 11.6 Å². The summed E-state index contributed by atoms with van der Waals surface area (Å²) in [6.45, 7) is 0.352. The number of rotatable bonds is 5. The fourth-order valence-electron chi connectivity index (χ4n) is 1.93. The van der Waals surface area contributed by atoms with E-state index < -0.39 is 17.0 Å². The number of non-ortho nitro benzene ring substituents is 1. The minimum Gasteiger partial charge on any atom is -0.385 e. The van der Waals surface area contributed by atoms with E-state index in [0.717, 1.165) is 4.90 Å². The lowest BCUT2D eigenvalue weighted by Crippen LogP contribution is -2.31. The average molecular weight is 279 g/mol. The Labute approximate surface area is 114 Å². The van der Waals surface area contributed by atoms with Crippen molar-refractivity contribution in [2.75, 3.05) is 18.6 Å². The second-order valence-electron chi connectivity index (χ2n) is 4.23. The van der Waals surface area contributed by atoms with Gasteiger partial charge in [0, 0.05) is 32.3 Å². The van der Waals surface area contributed by atoms with Gasteiger partial charge in [-0.05, 0) is 12.1 Å². The van der Waals surface area contributed by atoms with Crippen LogP contribution in [-0.4, -0.2) is 36.6 Å². The second kappa shape index (κ2) is 5.66. The number of hydrogen-bond acceptors (Lipinski definition) is 5. The smallest absolute Gasteiger partial charge is 0.329 e. The maximum Gasteiger partial charge on any atom is 0.329 e. The van der Waals surface area contributed by atoms with Gasteiger partial charge in [0.2, 0.25) is 0 Å². The lowest BCUT2D eigenvalue weighted by Gasteiger charge is -2.12. The van der Waals surface area contributed by atoms with Crippen molar-refractivity contribution in [2.45, 2.75) is 12.5 Å². The van der Waals surface area contributed by atoms with Crippen LogP contribution in [0.5, 0.6) is 0 Å². The van der Waals surface area contributed by atoms with Gasteiger partial charge < -0.3 is 10.1 Å². The number of benzene rings is 1. The number of carbonyl (C=O) groups is 2. The molecule has 0 radical (unpaired) electrons. The van der Waals surface area contributed by atoms with Crippen LogP contribution < -0.4 is 10.2 Å². The maximum absolute atomic E-state index is 12.1. The number of ether oxygens (including phenoxy) is 1. The molecule has 1 aliphatic heterocycles. The molecule has 1 atom stereocenters. The third kappa shape index (κ3) is 2.59. The third-order valence-corrected chi connectivity index (χ3v) is 2.95. The minimum absolute atomic E-state index is 0.100. The molecule has 1 fully saturated rings. The molecule has 8 nitrogen and oxygen atoms in total. The van der Waals surface area contributed by atoms with E-state index in [1.807, 2.05) is 0 Å². The van der Waals surface area contributed by atoms with Crippen molar-refractivity contribution in [3.63, 3.8) is 0 Å². The van der Waals surface area contributed by atoms with Gasteiger partial charge in [0.05, 0.1) is 10.6 Å². The SMILES string of the molecule is COCCC1NC(=O)N(c2ccc([N+](=O)[O-])cc2)C1=O. The summed E-state index contributed by atoms with van der Waals surface area (Å²) in [6.07, 6.45) is 0.380. The van der Waals surface area contributed by atoms with Gasteiger partial charge in [-0.1, -0.05) is 0 Å². The third-order valence-electron chi connectivity index (χ3n) is 2.95. The monoisotopic (exact) mass is 279 g/mol. The molecular weight excluding hydrogens is 266 g/mol. The zero-order chi connectivity index (χ0) is 14.7. The van der Waals surface area contributed by atoms with E-state index in [2.05, 4.69) is 5.32 Å². The van der Waals surface area contributed by atoms with Gasteiger partial charge in [-0.25, -0.2) is 9.69 Å². The Kier molecular flexibility index (Phi) is 3.94. The molecule has 0 spiro atoms. The highest BCUT2D eigenvalue weighted by atomic mass is 16.6. The number of anilines is 1. The molecule has 1 heterocycles. The maximum atomic E-state index is 12.1. The summed E-state index contributed by atoms with van der Waals surface area (Å²) in [5.41, 5.74) is 0.203. The summed E-state index contributed by atoms with van der Waals surface area (Å²) in [5.74, 6) is -0.388. The van der Waals surface area contributed by atoms with Crippen molar-refractivity contribution in [1.29, 1.82) is 0 Å². The van der Waals surface area contributed by atoms with E-state index in [-0.39, 0.29) is 11.6 Å². The number of methoxy groups -OCH3 is 1. The first-order chi connectivity index (χ1) is 9.54. The quantitative estimate of drug-likeness (QED) is 0.493. The summed E-state index contributed by atoms with van der Waals surface area (Å²) >= 11 is 0. The number of carbonyl (C=O) groups excluding carboxylic acids is 2. The molecule has 1 unspecified atom stereocenters. The van der Waals surface area contributed by atoms with E-state index in [1.165, 1.54) is 31.4 Å². The molecule has 1 aromatic carbocycles. The molecule has 1 N–H and O–H groups in total. The fourth-order valence-corrected chi connectivity index (χ4v) is 1.93. The van der Waals surface area contributed by atoms with Crippen LogP contribution in [-0.2, 0) is 9.53 Å². The van der Waals surface area contributed by atoms with Crippen LogP contribution in [0.25, 0.3) is 0 Å². The first-order valence-electron chi connectivity index (χ1n) is 5.92. The normalized spacial score (nSPS) is 18.2. The molecule has 20 heavy (non-hydrogen) atoms. The number of urea groups is 1. The molecule has 1 saturated heterocycles. The average Bonchev–Trinajstić information content (AvgIpc) is 2.71. The van der Waals surface area contributed by atoms with Crippen LogP contribution in [0.1, 0.15) is 6.42 Å². The van der Waals surface area contributed by atoms with Crippen molar-refractivity contribution in [3.8, 4) is 0 Å². The number of nitrogens with zero attached hydrogens (tertiary/aromatic N) is 2. The van der Waals surface area contributed by atoms with Gasteiger partial charge in [-0.3, -0.25) is 14.9 Å². The van der Waals surface area contributed by atoms with Gasteiger partial charge in [0.1, 0.15) is 6.04 Å². The summed E-state index contributed by atoms with van der Waals surface area (Å²) in [6, 6.07) is 4.07. The number of nitro groups is 1. The van der Waals surface area contributed by atoms with E-state index >= 15 is 0 Å². The van der Waals surface area contributed by atoms with E-state index in [4.69, 9.17) is 4.74 Å². The van der Waals surface area contributed by atoms with E-state index in [1.54, 1.807) is 0 Å². The van der Waals surface area contributed by atoms with Gasteiger partial charge in [0.15, 0.2) is 0 Å². The summed E-state index contributed by atoms with van der Waals surface area (Å²) in [7, 11) is 1.51. The molecular formula is C12H13N3O5.